The molecule has 31 heavy (non-hydrogen) atoms. The molecule has 4 nitrogen and oxygen atoms in total. The Morgan fingerprint density at radius 2 is 1.81 bits per heavy atom. The molecule has 156 valence electrons. The van der Waals surface area contributed by atoms with E-state index in [0.29, 0.717) is 21.4 Å². The van der Waals surface area contributed by atoms with Gasteiger partial charge in [-0.25, -0.2) is 0 Å². The minimum Gasteiger partial charge on any atom is -0.488 e. The molecule has 0 fully saturated rings. The molecule has 0 aliphatic carbocycles. The Balaban J connectivity index is 1.76. The Labute approximate surface area is 191 Å². The van der Waals surface area contributed by atoms with Crippen LogP contribution < -0.4 is 10.1 Å². The average Bonchev–Trinajstić information content (AvgIpc) is 2.78. The largest absolute Gasteiger partial charge is 0.488 e. The molecule has 3 aromatic rings. The fraction of sp³-hybridized carbons (Fsp3) is 0.120. The van der Waals surface area contributed by atoms with Crippen LogP contribution in [-0.4, -0.2) is 5.91 Å². The summed E-state index contributed by atoms with van der Waals surface area (Å²) in [7, 11) is 0. The van der Waals surface area contributed by atoms with Crippen molar-refractivity contribution in [2.24, 2.45) is 0 Å². The van der Waals surface area contributed by atoms with Gasteiger partial charge in [0.05, 0.1) is 6.04 Å². The number of benzene rings is 3. The topological polar surface area (TPSA) is 62.1 Å². The minimum atomic E-state index is -0.450. The van der Waals surface area contributed by atoms with E-state index in [2.05, 4.69) is 5.32 Å². The number of nitriles is 1. The molecular formula is C25H20Cl2N2O2. The summed E-state index contributed by atoms with van der Waals surface area (Å²) in [6.45, 7) is 2.09. The van der Waals surface area contributed by atoms with Crippen LogP contribution >= 0.6 is 23.2 Å². The predicted octanol–water partition coefficient (Wildman–Crippen LogP) is 6.36. The van der Waals surface area contributed by atoms with Gasteiger partial charge in [0.25, 0.3) is 5.91 Å². The number of ether oxygens (including phenoxy) is 1. The quantitative estimate of drug-likeness (QED) is 0.336. The van der Waals surface area contributed by atoms with Crippen molar-refractivity contribution in [2.75, 3.05) is 0 Å². The Morgan fingerprint density at radius 3 is 2.52 bits per heavy atom. The maximum atomic E-state index is 12.7. The first-order valence-electron chi connectivity index (χ1n) is 9.61. The third kappa shape index (κ3) is 6.11. The Morgan fingerprint density at radius 1 is 1.10 bits per heavy atom. The smallest absolute Gasteiger partial charge is 0.262 e. The van der Waals surface area contributed by atoms with Crippen molar-refractivity contribution in [3.63, 3.8) is 0 Å². The molecule has 1 amide bonds. The van der Waals surface area contributed by atoms with Gasteiger partial charge >= 0.3 is 0 Å². The maximum Gasteiger partial charge on any atom is 0.262 e. The number of amides is 1. The van der Waals surface area contributed by atoms with Gasteiger partial charge in [0.15, 0.2) is 0 Å². The molecule has 0 unspecified atom stereocenters. The van der Waals surface area contributed by atoms with Gasteiger partial charge in [-0.15, -0.1) is 0 Å². The summed E-state index contributed by atoms with van der Waals surface area (Å²) >= 11 is 12.1. The van der Waals surface area contributed by atoms with Gasteiger partial charge in [-0.2, -0.15) is 5.26 Å². The highest BCUT2D eigenvalue weighted by molar-refractivity contribution is 6.35. The first-order chi connectivity index (χ1) is 15.0. The number of para-hydroxylation sites is 1. The van der Waals surface area contributed by atoms with Gasteiger partial charge in [-0.3, -0.25) is 4.79 Å². The molecule has 0 bridgehead atoms. The van der Waals surface area contributed by atoms with Gasteiger partial charge in [0.2, 0.25) is 0 Å². The fourth-order valence-corrected chi connectivity index (χ4v) is 3.39. The van der Waals surface area contributed by atoms with Crippen molar-refractivity contribution >= 4 is 35.2 Å². The van der Waals surface area contributed by atoms with E-state index in [9.17, 15) is 10.1 Å². The highest BCUT2D eigenvalue weighted by Crippen LogP contribution is 2.26. The van der Waals surface area contributed by atoms with Crippen LogP contribution in [0.5, 0.6) is 5.75 Å². The van der Waals surface area contributed by atoms with Crippen LogP contribution in [0.15, 0.2) is 78.4 Å². The first-order valence-corrected chi connectivity index (χ1v) is 10.4. The van der Waals surface area contributed by atoms with E-state index in [1.54, 1.807) is 30.3 Å². The lowest BCUT2D eigenvalue weighted by molar-refractivity contribution is -0.117. The predicted molar refractivity (Wildman–Crippen MR) is 124 cm³/mol. The van der Waals surface area contributed by atoms with Crippen molar-refractivity contribution in [1.29, 1.82) is 5.26 Å². The zero-order valence-electron chi connectivity index (χ0n) is 16.8. The molecule has 0 saturated carbocycles. The Bertz CT molecular complexity index is 1140. The maximum absolute atomic E-state index is 12.7. The van der Waals surface area contributed by atoms with Crippen LogP contribution in [0.2, 0.25) is 10.0 Å². The van der Waals surface area contributed by atoms with Crippen molar-refractivity contribution in [3.05, 3.63) is 105 Å². The van der Waals surface area contributed by atoms with Gasteiger partial charge in [0.1, 0.15) is 24.0 Å². The lowest BCUT2D eigenvalue weighted by atomic mass is 10.1. The number of nitrogens with one attached hydrogen (secondary N) is 1. The number of hydrogen-bond donors (Lipinski definition) is 1. The monoisotopic (exact) mass is 450 g/mol. The van der Waals surface area contributed by atoms with Gasteiger partial charge < -0.3 is 10.1 Å². The molecule has 1 atom stereocenters. The van der Waals surface area contributed by atoms with E-state index in [4.69, 9.17) is 27.9 Å². The lowest BCUT2D eigenvalue weighted by Gasteiger charge is -2.14. The van der Waals surface area contributed by atoms with Crippen LogP contribution in [0.4, 0.5) is 0 Å². The van der Waals surface area contributed by atoms with Crippen LogP contribution in [0.3, 0.4) is 0 Å². The molecule has 0 heterocycles. The minimum absolute atomic E-state index is 0.0108. The lowest BCUT2D eigenvalue weighted by Crippen LogP contribution is -2.27. The second kappa shape index (κ2) is 10.7. The highest BCUT2D eigenvalue weighted by atomic mass is 35.5. The summed E-state index contributed by atoms with van der Waals surface area (Å²) in [5, 5.41) is 13.5. The number of hydrogen-bond acceptors (Lipinski definition) is 3. The second-order valence-corrected chi connectivity index (χ2v) is 7.68. The van der Waals surface area contributed by atoms with E-state index in [1.165, 1.54) is 6.08 Å². The zero-order valence-corrected chi connectivity index (χ0v) is 18.3. The molecular weight excluding hydrogens is 431 g/mol. The Kier molecular flexibility index (Phi) is 7.72. The number of halogens is 2. The van der Waals surface area contributed by atoms with Gasteiger partial charge in [-0.1, -0.05) is 77.8 Å². The molecule has 0 saturated heterocycles. The SMILES string of the molecule is C[C@@H](NC(=O)/C(C#N)=C\c1ccccc1OCc1ccc(Cl)cc1Cl)c1ccccc1. The molecule has 0 aromatic heterocycles. The number of carbonyl (C=O) groups is 1. The van der Waals surface area contributed by atoms with Gasteiger partial charge in [-0.05, 0) is 36.8 Å². The number of carbonyl (C=O) groups excluding carboxylic acids is 1. The summed E-state index contributed by atoms with van der Waals surface area (Å²) in [4.78, 5) is 12.7. The molecule has 3 rings (SSSR count). The molecule has 0 radical (unpaired) electrons. The average molecular weight is 451 g/mol. The summed E-state index contributed by atoms with van der Waals surface area (Å²) in [6.07, 6.45) is 1.52. The van der Waals surface area contributed by atoms with E-state index in [-0.39, 0.29) is 18.2 Å². The number of rotatable bonds is 7. The molecule has 3 aromatic carbocycles. The molecule has 1 N–H and O–H groups in total. The summed E-state index contributed by atoms with van der Waals surface area (Å²) in [5.74, 6) is 0.0829. The third-order valence-electron chi connectivity index (χ3n) is 4.63. The normalized spacial score (nSPS) is 12.0. The molecule has 0 aliphatic rings. The summed E-state index contributed by atoms with van der Waals surface area (Å²) in [6, 6.07) is 23.7. The van der Waals surface area contributed by atoms with Crippen LogP contribution in [0.25, 0.3) is 6.08 Å². The molecule has 0 spiro atoms. The van der Waals surface area contributed by atoms with Crippen molar-refractivity contribution in [3.8, 4) is 11.8 Å². The molecule has 0 aliphatic heterocycles. The van der Waals surface area contributed by atoms with E-state index in [0.717, 1.165) is 11.1 Å². The zero-order chi connectivity index (χ0) is 22.2. The van der Waals surface area contributed by atoms with E-state index >= 15 is 0 Å². The number of nitrogens with zero attached hydrogens (tertiary/aromatic N) is 1. The van der Waals surface area contributed by atoms with Gasteiger partial charge in [0, 0.05) is 21.2 Å². The van der Waals surface area contributed by atoms with Crippen molar-refractivity contribution in [1.82, 2.24) is 5.32 Å². The second-order valence-electron chi connectivity index (χ2n) is 6.84. The Hall–Kier alpha value is -3.26. The summed E-state index contributed by atoms with van der Waals surface area (Å²) < 4.78 is 5.91. The van der Waals surface area contributed by atoms with E-state index in [1.807, 2.05) is 55.5 Å². The summed E-state index contributed by atoms with van der Waals surface area (Å²) in [5.41, 5.74) is 2.34. The first kappa shape index (κ1) is 22.4. The fourth-order valence-electron chi connectivity index (χ4n) is 2.93. The van der Waals surface area contributed by atoms with Crippen molar-refractivity contribution in [2.45, 2.75) is 19.6 Å². The highest BCUT2D eigenvalue weighted by Gasteiger charge is 2.15. The van der Waals surface area contributed by atoms with Crippen LogP contribution in [0, 0.1) is 11.3 Å². The van der Waals surface area contributed by atoms with Crippen LogP contribution in [-0.2, 0) is 11.4 Å². The third-order valence-corrected chi connectivity index (χ3v) is 5.22. The standard InChI is InChI=1S/C25H20Cl2N2O2/c1-17(18-7-3-2-4-8-18)29-25(30)21(15-28)13-19-9-5-6-10-24(19)31-16-20-11-12-22(26)14-23(20)27/h2-14,17H,16H2,1H3,(H,29,30)/b21-13-/t17-/m1/s1. The van der Waals surface area contributed by atoms with E-state index < -0.39 is 5.91 Å². The molecule has 6 heteroatoms. The van der Waals surface area contributed by atoms with Crippen LogP contribution in [0.1, 0.15) is 29.7 Å². The van der Waals surface area contributed by atoms with Crippen molar-refractivity contribution < 1.29 is 9.53 Å².